The first-order valence-corrected chi connectivity index (χ1v) is 10.1. The van der Waals surface area contributed by atoms with Crippen LogP contribution in [-0.4, -0.2) is 28.8 Å². The van der Waals surface area contributed by atoms with Crippen LogP contribution < -0.4 is 5.32 Å². The van der Waals surface area contributed by atoms with E-state index in [1.807, 2.05) is 58.0 Å². The van der Waals surface area contributed by atoms with Crippen molar-refractivity contribution >= 4 is 11.8 Å². The summed E-state index contributed by atoms with van der Waals surface area (Å²) in [4.78, 5) is 27.4. The van der Waals surface area contributed by atoms with Crippen LogP contribution in [-0.2, 0) is 22.6 Å². The highest BCUT2D eigenvalue weighted by atomic mass is 16.2. The number of hydrogen-bond donors (Lipinski definition) is 1. The van der Waals surface area contributed by atoms with Crippen molar-refractivity contribution < 1.29 is 9.59 Å². The zero-order valence-corrected chi connectivity index (χ0v) is 17.4. The molecule has 4 nitrogen and oxygen atoms in total. The summed E-state index contributed by atoms with van der Waals surface area (Å²) in [7, 11) is 0. The lowest BCUT2D eigenvalue weighted by Gasteiger charge is -2.29. The summed E-state index contributed by atoms with van der Waals surface area (Å²) in [6.45, 7) is 8.30. The quantitative estimate of drug-likeness (QED) is 0.707. The first-order valence-electron chi connectivity index (χ1n) is 10.1. The van der Waals surface area contributed by atoms with Gasteiger partial charge < -0.3 is 10.2 Å². The molecule has 0 heterocycles. The Morgan fingerprint density at radius 3 is 2.21 bits per heavy atom. The molecule has 150 valence electrons. The van der Waals surface area contributed by atoms with Gasteiger partial charge in [0.25, 0.3) is 0 Å². The zero-order chi connectivity index (χ0) is 20.5. The van der Waals surface area contributed by atoms with Crippen LogP contribution in [0.5, 0.6) is 0 Å². The van der Waals surface area contributed by atoms with Gasteiger partial charge in [0.15, 0.2) is 0 Å². The predicted molar refractivity (Wildman–Crippen MR) is 114 cm³/mol. The molecule has 0 radical (unpaired) electrons. The van der Waals surface area contributed by atoms with E-state index in [-0.39, 0.29) is 17.9 Å². The Kier molecular flexibility index (Phi) is 8.24. The van der Waals surface area contributed by atoms with Gasteiger partial charge in [-0.2, -0.15) is 0 Å². The molecule has 0 bridgehead atoms. The van der Waals surface area contributed by atoms with Crippen molar-refractivity contribution in [2.75, 3.05) is 0 Å². The van der Waals surface area contributed by atoms with Gasteiger partial charge in [-0.25, -0.2) is 0 Å². The maximum absolute atomic E-state index is 13.0. The van der Waals surface area contributed by atoms with Crippen LogP contribution in [0.1, 0.15) is 50.3 Å². The lowest BCUT2D eigenvalue weighted by atomic mass is 10.1. The summed E-state index contributed by atoms with van der Waals surface area (Å²) in [5.41, 5.74) is 3.36. The van der Waals surface area contributed by atoms with E-state index in [4.69, 9.17) is 0 Å². The van der Waals surface area contributed by atoms with Crippen LogP contribution in [0.2, 0.25) is 0 Å². The van der Waals surface area contributed by atoms with Gasteiger partial charge in [0.05, 0.1) is 0 Å². The molecule has 28 heavy (non-hydrogen) atoms. The highest BCUT2D eigenvalue weighted by Crippen LogP contribution is 2.13. The second kappa shape index (κ2) is 10.6. The first-order chi connectivity index (χ1) is 13.4. The zero-order valence-electron chi connectivity index (χ0n) is 17.4. The van der Waals surface area contributed by atoms with Crippen LogP contribution in [0.3, 0.4) is 0 Å². The Hall–Kier alpha value is -2.62. The summed E-state index contributed by atoms with van der Waals surface area (Å²) >= 11 is 0. The van der Waals surface area contributed by atoms with Crippen molar-refractivity contribution in [2.24, 2.45) is 0 Å². The van der Waals surface area contributed by atoms with Gasteiger partial charge in [0.1, 0.15) is 6.04 Å². The predicted octanol–water partition coefficient (Wildman–Crippen LogP) is 4.26. The van der Waals surface area contributed by atoms with Crippen molar-refractivity contribution in [3.63, 3.8) is 0 Å². The average Bonchev–Trinajstić information content (AvgIpc) is 2.71. The van der Waals surface area contributed by atoms with E-state index in [2.05, 4.69) is 29.6 Å². The van der Waals surface area contributed by atoms with Crippen LogP contribution >= 0.6 is 0 Å². The molecule has 2 aromatic rings. The van der Waals surface area contributed by atoms with Crippen molar-refractivity contribution in [2.45, 2.75) is 65.6 Å². The molecule has 2 amide bonds. The van der Waals surface area contributed by atoms with Crippen LogP contribution in [0, 0.1) is 6.92 Å². The molecule has 0 saturated heterocycles. The van der Waals surface area contributed by atoms with Crippen molar-refractivity contribution in [3.8, 4) is 0 Å². The van der Waals surface area contributed by atoms with Crippen molar-refractivity contribution in [3.05, 3.63) is 71.3 Å². The molecular formula is C24H32N2O2. The monoisotopic (exact) mass is 380 g/mol. The smallest absolute Gasteiger partial charge is 0.242 e. The minimum absolute atomic E-state index is 0.00349. The molecule has 0 spiro atoms. The number of amides is 2. The van der Waals surface area contributed by atoms with Crippen molar-refractivity contribution in [1.29, 1.82) is 0 Å². The highest BCUT2D eigenvalue weighted by Gasteiger charge is 2.26. The van der Waals surface area contributed by atoms with Gasteiger partial charge in [0.2, 0.25) is 11.8 Å². The fourth-order valence-electron chi connectivity index (χ4n) is 2.98. The van der Waals surface area contributed by atoms with Gasteiger partial charge >= 0.3 is 0 Å². The molecule has 0 aliphatic rings. The molecule has 0 aliphatic carbocycles. The van der Waals surface area contributed by atoms with Crippen LogP contribution in [0.4, 0.5) is 0 Å². The van der Waals surface area contributed by atoms with Crippen LogP contribution in [0.15, 0.2) is 54.6 Å². The number of nitrogens with zero attached hydrogens (tertiary/aromatic N) is 1. The largest absolute Gasteiger partial charge is 0.352 e. The summed E-state index contributed by atoms with van der Waals surface area (Å²) in [5.74, 6) is -0.106. The summed E-state index contributed by atoms with van der Waals surface area (Å²) in [6.07, 6.45) is 1.92. The Balaban J connectivity index is 2.10. The molecule has 0 aromatic heterocycles. The van der Waals surface area contributed by atoms with Gasteiger partial charge in [0, 0.05) is 19.0 Å². The maximum atomic E-state index is 13.0. The Labute approximate surface area is 169 Å². The number of benzene rings is 2. The highest BCUT2D eigenvalue weighted by molar-refractivity contribution is 5.87. The van der Waals surface area contributed by atoms with Gasteiger partial charge in [-0.05, 0) is 44.7 Å². The van der Waals surface area contributed by atoms with Crippen LogP contribution in [0.25, 0.3) is 0 Å². The molecule has 4 heteroatoms. The normalized spacial score (nSPS) is 12.9. The third kappa shape index (κ3) is 6.52. The molecule has 0 fully saturated rings. The van der Waals surface area contributed by atoms with E-state index in [1.54, 1.807) is 4.90 Å². The summed E-state index contributed by atoms with van der Waals surface area (Å²) in [5, 5.41) is 3.00. The SMILES string of the molecule is CC[C@@H](C)NC(=O)[C@H](C)N(Cc1ccccc1)C(=O)CCc1ccc(C)cc1. The minimum Gasteiger partial charge on any atom is -0.352 e. The molecular weight excluding hydrogens is 348 g/mol. The minimum atomic E-state index is -0.514. The molecule has 2 aromatic carbocycles. The van der Waals surface area contributed by atoms with E-state index in [9.17, 15) is 9.59 Å². The third-order valence-electron chi connectivity index (χ3n) is 5.11. The molecule has 0 saturated carbocycles. The second-order valence-corrected chi connectivity index (χ2v) is 7.49. The molecule has 0 unspecified atom stereocenters. The van der Waals surface area contributed by atoms with Gasteiger partial charge in [-0.3, -0.25) is 9.59 Å². The fraction of sp³-hybridized carbons (Fsp3) is 0.417. The third-order valence-corrected chi connectivity index (χ3v) is 5.11. The summed E-state index contributed by atoms with van der Waals surface area (Å²) < 4.78 is 0. The standard InChI is InChI=1S/C24H32N2O2/c1-5-19(3)25-24(28)20(4)26(17-22-9-7-6-8-10-22)23(27)16-15-21-13-11-18(2)12-14-21/h6-14,19-20H,5,15-17H2,1-4H3,(H,25,28)/t19-,20+/m1/s1. The molecule has 1 N–H and O–H groups in total. The Morgan fingerprint density at radius 2 is 1.61 bits per heavy atom. The van der Waals surface area contributed by atoms with Gasteiger partial charge in [-0.15, -0.1) is 0 Å². The van der Waals surface area contributed by atoms with E-state index in [0.29, 0.717) is 19.4 Å². The van der Waals surface area contributed by atoms with E-state index in [1.165, 1.54) is 5.56 Å². The van der Waals surface area contributed by atoms with Gasteiger partial charge in [-0.1, -0.05) is 67.1 Å². The Bertz CT molecular complexity index is 756. The maximum Gasteiger partial charge on any atom is 0.242 e. The van der Waals surface area contributed by atoms with E-state index in [0.717, 1.165) is 17.5 Å². The number of rotatable bonds is 9. The molecule has 2 atom stereocenters. The number of nitrogens with one attached hydrogen (secondary N) is 1. The topological polar surface area (TPSA) is 49.4 Å². The number of carbonyl (C=O) groups excluding carboxylic acids is 2. The number of aryl methyl sites for hydroxylation is 2. The number of carbonyl (C=O) groups is 2. The van der Waals surface area contributed by atoms with E-state index >= 15 is 0 Å². The number of hydrogen-bond acceptors (Lipinski definition) is 2. The summed E-state index contributed by atoms with van der Waals surface area (Å²) in [6, 6.07) is 17.6. The first kappa shape index (κ1) is 21.7. The second-order valence-electron chi connectivity index (χ2n) is 7.49. The fourth-order valence-corrected chi connectivity index (χ4v) is 2.98. The molecule has 0 aliphatic heterocycles. The van der Waals surface area contributed by atoms with E-state index < -0.39 is 6.04 Å². The Morgan fingerprint density at radius 1 is 0.964 bits per heavy atom. The average molecular weight is 381 g/mol. The lowest BCUT2D eigenvalue weighted by molar-refractivity contribution is -0.140. The lowest BCUT2D eigenvalue weighted by Crippen LogP contribution is -2.49. The molecule has 2 rings (SSSR count). The van der Waals surface area contributed by atoms with Crippen molar-refractivity contribution in [1.82, 2.24) is 10.2 Å².